The average Bonchev–Trinajstić information content (AvgIpc) is 2.29. The highest BCUT2D eigenvalue weighted by Gasteiger charge is 2.01. The van der Waals surface area contributed by atoms with E-state index in [0.717, 1.165) is 12.3 Å². The molecule has 0 aliphatic carbocycles. The molecule has 1 rings (SSSR count). The summed E-state index contributed by atoms with van der Waals surface area (Å²) in [6, 6.07) is 8.51. The zero-order valence-corrected chi connectivity index (χ0v) is 10.6. The molecule has 0 aliphatic rings. The Balaban J connectivity index is 2.80. The van der Waals surface area contributed by atoms with Crippen LogP contribution in [0.1, 0.15) is 26.3 Å². The summed E-state index contributed by atoms with van der Waals surface area (Å²) in [5.74, 6) is 0.901. The summed E-state index contributed by atoms with van der Waals surface area (Å²) >= 11 is 0. The molecule has 0 bridgehead atoms. The van der Waals surface area contributed by atoms with Gasteiger partial charge in [0, 0.05) is 6.04 Å². The van der Waals surface area contributed by atoms with Gasteiger partial charge in [-0.05, 0) is 38.1 Å². The molecule has 0 radical (unpaired) electrons. The Labute approximate surface area is 98.3 Å². The Morgan fingerprint density at radius 1 is 1.50 bits per heavy atom. The van der Waals surface area contributed by atoms with E-state index in [1.165, 1.54) is 11.1 Å². The van der Waals surface area contributed by atoms with Gasteiger partial charge in [-0.3, -0.25) is 0 Å². The number of likely N-dealkylation sites (N-methyl/N-ethyl adjacent to an activating group) is 1. The maximum atomic E-state index is 5.20. The second kappa shape index (κ2) is 6.33. The molecule has 1 aromatic rings. The molecule has 1 aromatic carbocycles. The smallest absolute Gasteiger partial charge is 0.119 e. The van der Waals surface area contributed by atoms with Crippen molar-refractivity contribution in [3.8, 4) is 5.75 Å². The van der Waals surface area contributed by atoms with Gasteiger partial charge in [0.15, 0.2) is 0 Å². The Morgan fingerprint density at radius 3 is 2.88 bits per heavy atom. The maximum Gasteiger partial charge on any atom is 0.119 e. The van der Waals surface area contributed by atoms with Crippen molar-refractivity contribution in [2.45, 2.75) is 26.8 Å². The van der Waals surface area contributed by atoms with Crippen LogP contribution in [0.3, 0.4) is 0 Å². The summed E-state index contributed by atoms with van der Waals surface area (Å²) in [6.07, 6.45) is 2.19. The Bertz CT molecular complexity index is 358. The maximum absolute atomic E-state index is 5.20. The summed E-state index contributed by atoms with van der Waals surface area (Å²) in [6.45, 7) is 7.43. The topological polar surface area (TPSA) is 21.3 Å². The van der Waals surface area contributed by atoms with Crippen molar-refractivity contribution in [1.29, 1.82) is 0 Å². The van der Waals surface area contributed by atoms with E-state index in [4.69, 9.17) is 4.74 Å². The normalized spacial score (nSPS) is 13.6. The molecule has 1 unspecified atom stereocenters. The lowest BCUT2D eigenvalue weighted by Gasteiger charge is -2.13. The summed E-state index contributed by atoms with van der Waals surface area (Å²) in [7, 11) is 1.69. The minimum Gasteiger partial charge on any atom is -0.497 e. The molecular weight excluding hydrogens is 198 g/mol. The van der Waals surface area contributed by atoms with Crippen molar-refractivity contribution in [2.75, 3.05) is 13.7 Å². The van der Waals surface area contributed by atoms with Crippen molar-refractivity contribution >= 4 is 6.08 Å². The molecule has 0 heterocycles. The third-order valence-electron chi connectivity index (χ3n) is 2.68. The predicted molar refractivity (Wildman–Crippen MR) is 69.8 cm³/mol. The van der Waals surface area contributed by atoms with Crippen LogP contribution in [0.2, 0.25) is 0 Å². The van der Waals surface area contributed by atoms with E-state index < -0.39 is 0 Å². The Hall–Kier alpha value is -1.28. The van der Waals surface area contributed by atoms with Gasteiger partial charge in [0.2, 0.25) is 0 Å². The van der Waals surface area contributed by atoms with E-state index in [-0.39, 0.29) is 0 Å². The summed E-state index contributed by atoms with van der Waals surface area (Å²) in [4.78, 5) is 0. The number of hydrogen-bond donors (Lipinski definition) is 1. The van der Waals surface area contributed by atoms with Crippen LogP contribution in [0.4, 0.5) is 0 Å². The van der Waals surface area contributed by atoms with Crippen molar-refractivity contribution < 1.29 is 4.74 Å². The molecule has 1 N–H and O–H groups in total. The van der Waals surface area contributed by atoms with E-state index in [2.05, 4.69) is 38.2 Å². The first kappa shape index (κ1) is 12.8. The van der Waals surface area contributed by atoms with Crippen LogP contribution in [0.5, 0.6) is 5.75 Å². The highest BCUT2D eigenvalue weighted by Crippen LogP contribution is 2.16. The first-order valence-corrected chi connectivity index (χ1v) is 5.73. The van der Waals surface area contributed by atoms with E-state index >= 15 is 0 Å². The molecule has 0 aromatic heterocycles. The average molecular weight is 219 g/mol. The van der Waals surface area contributed by atoms with Gasteiger partial charge in [-0.25, -0.2) is 0 Å². The number of hydrogen-bond acceptors (Lipinski definition) is 2. The number of methoxy groups -OCH3 is 1. The monoisotopic (exact) mass is 219 g/mol. The lowest BCUT2D eigenvalue weighted by Crippen LogP contribution is -2.26. The summed E-state index contributed by atoms with van der Waals surface area (Å²) in [5, 5.41) is 3.39. The van der Waals surface area contributed by atoms with Crippen LogP contribution in [0.15, 0.2) is 29.8 Å². The number of benzene rings is 1. The fourth-order valence-electron chi connectivity index (χ4n) is 1.59. The predicted octanol–water partition coefficient (Wildman–Crippen LogP) is 3.10. The molecule has 0 fully saturated rings. The third-order valence-corrected chi connectivity index (χ3v) is 2.68. The lowest BCUT2D eigenvalue weighted by molar-refractivity contribution is 0.414. The largest absolute Gasteiger partial charge is 0.497 e. The molecule has 0 spiro atoms. The van der Waals surface area contributed by atoms with Crippen LogP contribution in [-0.2, 0) is 0 Å². The number of ether oxygens (including phenoxy) is 1. The van der Waals surface area contributed by atoms with Crippen LogP contribution in [-0.4, -0.2) is 19.7 Å². The van der Waals surface area contributed by atoms with Crippen LogP contribution < -0.4 is 10.1 Å². The first-order valence-electron chi connectivity index (χ1n) is 5.73. The van der Waals surface area contributed by atoms with E-state index in [9.17, 15) is 0 Å². The van der Waals surface area contributed by atoms with E-state index in [1.54, 1.807) is 7.11 Å². The van der Waals surface area contributed by atoms with Crippen molar-refractivity contribution in [3.05, 3.63) is 35.4 Å². The van der Waals surface area contributed by atoms with Gasteiger partial charge in [0.05, 0.1) is 7.11 Å². The van der Waals surface area contributed by atoms with E-state index in [0.29, 0.717) is 6.04 Å². The quantitative estimate of drug-likeness (QED) is 0.821. The van der Waals surface area contributed by atoms with Gasteiger partial charge in [-0.1, -0.05) is 30.7 Å². The van der Waals surface area contributed by atoms with Crippen molar-refractivity contribution in [3.63, 3.8) is 0 Å². The number of nitrogens with one attached hydrogen (secondary N) is 1. The summed E-state index contributed by atoms with van der Waals surface area (Å²) < 4.78 is 5.20. The zero-order chi connectivity index (χ0) is 12.0. The fourth-order valence-corrected chi connectivity index (χ4v) is 1.59. The second-order valence-electron chi connectivity index (χ2n) is 3.94. The molecule has 2 nitrogen and oxygen atoms in total. The van der Waals surface area contributed by atoms with Gasteiger partial charge in [-0.2, -0.15) is 0 Å². The highest BCUT2D eigenvalue weighted by atomic mass is 16.5. The molecule has 1 atom stereocenters. The van der Waals surface area contributed by atoms with Crippen molar-refractivity contribution in [1.82, 2.24) is 5.32 Å². The van der Waals surface area contributed by atoms with Gasteiger partial charge in [0.1, 0.15) is 5.75 Å². The van der Waals surface area contributed by atoms with Crippen LogP contribution in [0.25, 0.3) is 6.08 Å². The highest BCUT2D eigenvalue weighted by molar-refractivity contribution is 5.55. The van der Waals surface area contributed by atoms with Gasteiger partial charge < -0.3 is 10.1 Å². The van der Waals surface area contributed by atoms with Crippen LogP contribution in [0, 0.1) is 0 Å². The van der Waals surface area contributed by atoms with Gasteiger partial charge >= 0.3 is 0 Å². The third kappa shape index (κ3) is 3.70. The molecule has 0 aliphatic heterocycles. The lowest BCUT2D eigenvalue weighted by atomic mass is 10.1. The molecule has 88 valence electrons. The standard InChI is InChI=1S/C14H21NO/c1-5-15-12(3)11(2)9-13-7-6-8-14(10-13)16-4/h6-10,12,15H,5H2,1-4H3/b11-9+. The fraction of sp³-hybridized carbons (Fsp3) is 0.429. The zero-order valence-electron chi connectivity index (χ0n) is 10.6. The number of rotatable bonds is 5. The minimum absolute atomic E-state index is 0.413. The van der Waals surface area contributed by atoms with Crippen molar-refractivity contribution in [2.24, 2.45) is 0 Å². The summed E-state index contributed by atoms with van der Waals surface area (Å²) in [5.41, 5.74) is 2.51. The molecule has 0 saturated heterocycles. The first-order chi connectivity index (χ1) is 7.67. The molecule has 0 amide bonds. The SMILES string of the molecule is CCNC(C)/C(C)=C/c1cccc(OC)c1. The molecule has 0 saturated carbocycles. The van der Waals surface area contributed by atoms with Gasteiger partial charge in [0.25, 0.3) is 0 Å². The Morgan fingerprint density at radius 2 is 2.25 bits per heavy atom. The van der Waals surface area contributed by atoms with E-state index in [1.807, 2.05) is 18.2 Å². The van der Waals surface area contributed by atoms with Crippen LogP contribution >= 0.6 is 0 Å². The molecule has 2 heteroatoms. The molecular formula is C14H21NO. The second-order valence-corrected chi connectivity index (χ2v) is 3.94. The van der Waals surface area contributed by atoms with Gasteiger partial charge in [-0.15, -0.1) is 0 Å². The minimum atomic E-state index is 0.413. The molecule has 16 heavy (non-hydrogen) atoms. The Kier molecular flexibility index (Phi) is 5.06.